The highest BCUT2D eigenvalue weighted by Crippen LogP contribution is 2.34. The van der Waals surface area contributed by atoms with E-state index in [9.17, 15) is 15.3 Å². The number of phenolic OH excluding ortho intramolecular Hbond substituents is 2. The molecular weight excluding hydrogens is 296 g/mol. The number of rotatable bonds is 4. The molecular formula is C16H18N4O3. The van der Waals surface area contributed by atoms with Gasteiger partial charge in [0.05, 0.1) is 11.7 Å². The van der Waals surface area contributed by atoms with Crippen molar-refractivity contribution in [2.24, 2.45) is 0 Å². The molecule has 2 aromatic heterocycles. The molecule has 0 bridgehead atoms. The lowest BCUT2D eigenvalue weighted by molar-refractivity contribution is 0.155. The number of aliphatic hydroxyl groups is 1. The molecule has 0 aliphatic rings. The average molecular weight is 314 g/mol. The Morgan fingerprint density at radius 1 is 1.22 bits per heavy atom. The molecule has 1 aromatic carbocycles. The van der Waals surface area contributed by atoms with Crippen molar-refractivity contribution in [1.29, 1.82) is 0 Å². The van der Waals surface area contributed by atoms with E-state index in [1.54, 1.807) is 13.0 Å². The number of nitrogens with zero attached hydrogens (tertiary/aromatic N) is 4. The van der Waals surface area contributed by atoms with Gasteiger partial charge in [0.15, 0.2) is 11.5 Å². The Morgan fingerprint density at radius 2 is 1.87 bits per heavy atom. The number of aromatic nitrogens is 4. The normalized spacial score (nSPS) is 14.2. The van der Waals surface area contributed by atoms with Gasteiger partial charge < -0.3 is 15.3 Å². The summed E-state index contributed by atoms with van der Waals surface area (Å²) in [4.78, 5) is 0. The topological polar surface area (TPSA) is 104 Å². The highest BCUT2D eigenvalue weighted by Gasteiger charge is 2.25. The van der Waals surface area contributed by atoms with Gasteiger partial charge in [0.2, 0.25) is 0 Å². The largest absolute Gasteiger partial charge is 0.507 e. The first-order chi connectivity index (χ1) is 11.0. The third kappa shape index (κ3) is 2.29. The van der Waals surface area contributed by atoms with Crippen molar-refractivity contribution in [3.63, 3.8) is 0 Å². The number of hydrogen-bond acceptors (Lipinski definition) is 6. The van der Waals surface area contributed by atoms with Crippen molar-refractivity contribution in [2.45, 2.75) is 32.3 Å². The van der Waals surface area contributed by atoms with Crippen molar-refractivity contribution >= 4 is 12.2 Å². The summed E-state index contributed by atoms with van der Waals surface area (Å²) in [6.45, 7) is 7.58. The Bertz CT molecular complexity index is 884. The molecule has 3 aromatic rings. The van der Waals surface area contributed by atoms with Crippen LogP contribution in [0.25, 0.3) is 23.5 Å². The zero-order chi connectivity index (χ0) is 16.7. The summed E-state index contributed by atoms with van der Waals surface area (Å²) in [7, 11) is 0. The number of aromatic hydroxyl groups is 2. The lowest BCUT2D eigenvalue weighted by atomic mass is 10.0. The molecule has 0 aliphatic carbocycles. The molecule has 2 unspecified atom stereocenters. The third-order valence-corrected chi connectivity index (χ3v) is 4.03. The SMILES string of the molecule is C=c1c(-c2c(O)cccc2O)nn2c(C(CC)C(C)O)nnc12. The van der Waals surface area contributed by atoms with Crippen LogP contribution in [0.1, 0.15) is 32.0 Å². The van der Waals surface area contributed by atoms with Crippen LogP contribution in [0.3, 0.4) is 0 Å². The maximum Gasteiger partial charge on any atom is 0.186 e. The van der Waals surface area contributed by atoms with Gasteiger partial charge in [0.1, 0.15) is 17.2 Å². The van der Waals surface area contributed by atoms with Gasteiger partial charge >= 0.3 is 0 Å². The van der Waals surface area contributed by atoms with E-state index in [-0.39, 0.29) is 23.0 Å². The van der Waals surface area contributed by atoms with Crippen LogP contribution in [0.2, 0.25) is 0 Å². The van der Waals surface area contributed by atoms with Crippen molar-refractivity contribution in [2.75, 3.05) is 0 Å². The Kier molecular flexibility index (Phi) is 3.65. The lowest BCUT2D eigenvalue weighted by Crippen LogP contribution is -2.17. The third-order valence-electron chi connectivity index (χ3n) is 4.03. The summed E-state index contributed by atoms with van der Waals surface area (Å²) in [5.74, 6) is 0.133. The summed E-state index contributed by atoms with van der Waals surface area (Å²) in [5.41, 5.74) is 0.989. The first-order valence-electron chi connectivity index (χ1n) is 7.39. The molecule has 2 heterocycles. The van der Waals surface area contributed by atoms with E-state index in [1.807, 2.05) is 6.92 Å². The summed E-state index contributed by atoms with van der Waals surface area (Å²) in [5, 5.41) is 43.1. The molecule has 7 nitrogen and oxygen atoms in total. The molecule has 120 valence electrons. The molecule has 0 saturated heterocycles. The van der Waals surface area contributed by atoms with Gasteiger partial charge in [-0.05, 0) is 25.5 Å². The Morgan fingerprint density at radius 3 is 2.43 bits per heavy atom. The van der Waals surface area contributed by atoms with E-state index in [2.05, 4.69) is 21.9 Å². The molecule has 0 fully saturated rings. The maximum absolute atomic E-state index is 10.0. The number of hydrogen-bond donors (Lipinski definition) is 3. The summed E-state index contributed by atoms with van der Waals surface area (Å²) < 4.78 is 1.52. The lowest BCUT2D eigenvalue weighted by Gasteiger charge is -2.14. The van der Waals surface area contributed by atoms with Crippen LogP contribution < -0.4 is 5.22 Å². The minimum absolute atomic E-state index is 0.0901. The van der Waals surface area contributed by atoms with Gasteiger partial charge in [-0.15, -0.1) is 10.2 Å². The van der Waals surface area contributed by atoms with Crippen LogP contribution >= 0.6 is 0 Å². The second kappa shape index (κ2) is 5.51. The quantitative estimate of drug-likeness (QED) is 0.668. The smallest absolute Gasteiger partial charge is 0.186 e. The van der Waals surface area contributed by atoms with Crippen molar-refractivity contribution in [3.8, 4) is 22.8 Å². The molecule has 7 heteroatoms. The van der Waals surface area contributed by atoms with Crippen LogP contribution in [-0.2, 0) is 0 Å². The fourth-order valence-electron chi connectivity index (χ4n) is 2.79. The highest BCUT2D eigenvalue weighted by atomic mass is 16.3. The van der Waals surface area contributed by atoms with E-state index in [0.29, 0.717) is 28.8 Å². The first-order valence-corrected chi connectivity index (χ1v) is 7.39. The Balaban J connectivity index is 2.25. The molecule has 3 rings (SSSR count). The number of benzene rings is 1. The standard InChI is InChI=1S/C16H18N4O3/c1-4-10(9(3)21)16-18-17-15-8(2)14(19-20(15)16)13-11(22)6-5-7-12(13)23/h5-7,9-10,21-23H,2,4H2,1,3H3. The second-order valence-electron chi connectivity index (χ2n) is 5.55. The van der Waals surface area contributed by atoms with E-state index in [0.717, 1.165) is 0 Å². The average Bonchev–Trinajstić information content (AvgIpc) is 3.02. The fourth-order valence-corrected chi connectivity index (χ4v) is 2.79. The van der Waals surface area contributed by atoms with Gasteiger partial charge in [0, 0.05) is 11.1 Å². The molecule has 23 heavy (non-hydrogen) atoms. The van der Waals surface area contributed by atoms with E-state index < -0.39 is 6.10 Å². The zero-order valence-electron chi connectivity index (χ0n) is 12.9. The minimum atomic E-state index is -0.598. The molecule has 0 spiro atoms. The monoisotopic (exact) mass is 314 g/mol. The minimum Gasteiger partial charge on any atom is -0.507 e. The zero-order valence-corrected chi connectivity index (χ0v) is 12.9. The van der Waals surface area contributed by atoms with Crippen LogP contribution in [0, 0.1) is 0 Å². The van der Waals surface area contributed by atoms with Gasteiger partial charge in [-0.2, -0.15) is 9.61 Å². The fraction of sp³-hybridized carbons (Fsp3) is 0.312. The first kappa shape index (κ1) is 15.2. The summed E-state index contributed by atoms with van der Waals surface area (Å²) in [6.07, 6.45) is 0.0777. The Hall–Kier alpha value is -2.67. The number of fused-ring (bicyclic) bond motifs is 1. The van der Waals surface area contributed by atoms with E-state index in [1.165, 1.54) is 16.6 Å². The summed E-state index contributed by atoms with van der Waals surface area (Å²) in [6, 6.07) is 4.48. The summed E-state index contributed by atoms with van der Waals surface area (Å²) >= 11 is 0. The Labute approximate surface area is 132 Å². The van der Waals surface area contributed by atoms with E-state index >= 15 is 0 Å². The predicted octanol–water partition coefficient (Wildman–Crippen LogP) is 1.21. The van der Waals surface area contributed by atoms with Gasteiger partial charge in [-0.3, -0.25) is 0 Å². The molecule has 0 amide bonds. The highest BCUT2D eigenvalue weighted by molar-refractivity contribution is 5.76. The molecule has 3 N–H and O–H groups in total. The van der Waals surface area contributed by atoms with E-state index in [4.69, 9.17) is 0 Å². The second-order valence-corrected chi connectivity index (χ2v) is 5.55. The van der Waals surface area contributed by atoms with Gasteiger partial charge in [0.25, 0.3) is 0 Å². The van der Waals surface area contributed by atoms with Crippen molar-refractivity contribution < 1.29 is 15.3 Å². The van der Waals surface area contributed by atoms with Crippen LogP contribution in [0.5, 0.6) is 11.5 Å². The van der Waals surface area contributed by atoms with Crippen molar-refractivity contribution in [3.05, 3.63) is 29.2 Å². The van der Waals surface area contributed by atoms with Gasteiger partial charge in [-0.1, -0.05) is 19.6 Å². The van der Waals surface area contributed by atoms with Gasteiger partial charge in [-0.25, -0.2) is 0 Å². The molecule has 0 aliphatic heterocycles. The predicted molar refractivity (Wildman–Crippen MR) is 85.0 cm³/mol. The number of aliphatic hydroxyl groups excluding tert-OH is 1. The van der Waals surface area contributed by atoms with Crippen LogP contribution in [-0.4, -0.2) is 41.2 Å². The van der Waals surface area contributed by atoms with Crippen LogP contribution in [0.4, 0.5) is 0 Å². The maximum atomic E-state index is 10.0. The van der Waals surface area contributed by atoms with Crippen LogP contribution in [0.15, 0.2) is 18.2 Å². The molecule has 0 radical (unpaired) electrons. The molecule has 0 saturated carbocycles. The van der Waals surface area contributed by atoms with Crippen molar-refractivity contribution in [1.82, 2.24) is 19.8 Å². The molecule has 2 atom stereocenters. The number of phenols is 2.